The second-order valence-corrected chi connectivity index (χ2v) is 5.23. The van der Waals surface area contributed by atoms with Gasteiger partial charge in [-0.15, -0.1) is 0 Å². The lowest BCUT2D eigenvalue weighted by molar-refractivity contribution is 0.577. The van der Waals surface area contributed by atoms with E-state index < -0.39 is 0 Å². The molecule has 1 rings (SSSR count). The van der Waals surface area contributed by atoms with Gasteiger partial charge in [0.2, 0.25) is 0 Å². The molecule has 1 aromatic carbocycles. The van der Waals surface area contributed by atoms with Gasteiger partial charge in [-0.3, -0.25) is 4.99 Å². The van der Waals surface area contributed by atoms with Crippen LogP contribution in [0.5, 0.6) is 0 Å². The molecule has 0 fully saturated rings. The quantitative estimate of drug-likeness (QED) is 0.361. The van der Waals surface area contributed by atoms with Crippen molar-refractivity contribution in [3.05, 3.63) is 34.1 Å². The number of halogens is 2. The van der Waals surface area contributed by atoms with Crippen LogP contribution < -0.4 is 11.3 Å². The van der Waals surface area contributed by atoms with E-state index in [4.69, 9.17) is 5.84 Å². The molecule has 3 N–H and O–H groups in total. The van der Waals surface area contributed by atoms with E-state index >= 15 is 0 Å². The number of hydrazine groups is 1. The highest BCUT2D eigenvalue weighted by Crippen LogP contribution is 2.19. The van der Waals surface area contributed by atoms with Gasteiger partial charge in [-0.1, -0.05) is 6.07 Å². The first-order chi connectivity index (χ1) is 7.35. The van der Waals surface area contributed by atoms with Crippen LogP contribution in [0.3, 0.4) is 0 Å². The van der Waals surface area contributed by atoms with Crippen molar-refractivity contribution in [2.24, 2.45) is 10.8 Å². The first-order valence-electron chi connectivity index (χ1n) is 4.86. The summed E-state index contributed by atoms with van der Waals surface area (Å²) in [6.45, 7) is 5.75. The summed E-state index contributed by atoms with van der Waals surface area (Å²) in [5.41, 5.74) is 2.46. The maximum atomic E-state index is 13.8. The van der Waals surface area contributed by atoms with Gasteiger partial charge < -0.3 is 5.43 Å². The first kappa shape index (κ1) is 13.1. The van der Waals surface area contributed by atoms with E-state index in [2.05, 4.69) is 26.3 Å². The third-order valence-corrected chi connectivity index (χ3v) is 2.40. The Balaban J connectivity index is 3.25. The van der Waals surface area contributed by atoms with Gasteiger partial charge in [0.1, 0.15) is 11.7 Å². The van der Waals surface area contributed by atoms with Gasteiger partial charge in [-0.05, 0) is 48.8 Å². The molecule has 0 radical (unpaired) electrons. The summed E-state index contributed by atoms with van der Waals surface area (Å²) in [5, 5.41) is 0. The molecule has 0 aromatic heterocycles. The Kier molecular flexibility index (Phi) is 4.04. The minimum Gasteiger partial charge on any atom is -0.308 e. The fraction of sp³-hybridized carbons (Fsp3) is 0.364. The molecule has 0 spiro atoms. The Labute approximate surface area is 103 Å². The maximum absolute atomic E-state index is 13.8. The Morgan fingerprint density at radius 3 is 2.56 bits per heavy atom. The number of aliphatic imine (C=N–C) groups is 1. The Hall–Kier alpha value is -0.940. The van der Waals surface area contributed by atoms with Crippen molar-refractivity contribution in [1.29, 1.82) is 0 Å². The predicted molar refractivity (Wildman–Crippen MR) is 67.7 cm³/mol. The molecule has 5 heteroatoms. The van der Waals surface area contributed by atoms with Crippen molar-refractivity contribution in [3.8, 4) is 0 Å². The molecule has 0 atom stereocenters. The zero-order chi connectivity index (χ0) is 12.3. The molecule has 3 nitrogen and oxygen atoms in total. The lowest BCUT2D eigenvalue weighted by Crippen LogP contribution is -2.34. The minimum atomic E-state index is -0.372. The van der Waals surface area contributed by atoms with Crippen molar-refractivity contribution < 1.29 is 4.39 Å². The van der Waals surface area contributed by atoms with Crippen LogP contribution in [0.2, 0.25) is 0 Å². The van der Waals surface area contributed by atoms with Gasteiger partial charge in [0.25, 0.3) is 0 Å². The van der Waals surface area contributed by atoms with Crippen LogP contribution in [0.15, 0.2) is 27.7 Å². The number of hydrogen-bond donors (Lipinski definition) is 2. The average Bonchev–Trinajstić information content (AvgIpc) is 2.18. The minimum absolute atomic E-state index is 0.323. The molecule has 0 amide bonds. The fourth-order valence-electron chi connectivity index (χ4n) is 1.19. The summed E-state index contributed by atoms with van der Waals surface area (Å²) in [6, 6.07) is 4.99. The van der Waals surface area contributed by atoms with Crippen LogP contribution in [0.1, 0.15) is 26.3 Å². The van der Waals surface area contributed by atoms with Crippen LogP contribution in [0.4, 0.5) is 4.39 Å². The third kappa shape index (κ3) is 3.28. The predicted octanol–water partition coefficient (Wildman–Crippen LogP) is 2.60. The molecule has 0 saturated heterocycles. The van der Waals surface area contributed by atoms with Gasteiger partial charge in [0.05, 0.1) is 15.6 Å². The van der Waals surface area contributed by atoms with Gasteiger partial charge in [0.15, 0.2) is 0 Å². The second kappa shape index (κ2) is 4.93. The zero-order valence-electron chi connectivity index (χ0n) is 9.51. The molecule has 1 aromatic rings. The largest absolute Gasteiger partial charge is 0.308 e. The molecule has 0 aliphatic carbocycles. The molecular weight excluding hydrogens is 273 g/mol. The van der Waals surface area contributed by atoms with Gasteiger partial charge >= 0.3 is 0 Å². The summed E-state index contributed by atoms with van der Waals surface area (Å²) in [7, 11) is 0. The van der Waals surface area contributed by atoms with E-state index in [9.17, 15) is 4.39 Å². The molecule has 0 heterocycles. The lowest BCUT2D eigenvalue weighted by Gasteiger charge is -2.16. The fourth-order valence-corrected chi connectivity index (χ4v) is 1.56. The van der Waals surface area contributed by atoms with Crippen LogP contribution in [-0.4, -0.2) is 11.4 Å². The molecule has 88 valence electrons. The molecule has 0 saturated carbocycles. The van der Waals surface area contributed by atoms with Gasteiger partial charge in [-0.2, -0.15) is 0 Å². The molecule has 16 heavy (non-hydrogen) atoms. The normalized spacial score (nSPS) is 12.8. The van der Waals surface area contributed by atoms with Crippen molar-refractivity contribution in [1.82, 2.24) is 5.43 Å². The van der Waals surface area contributed by atoms with Crippen molar-refractivity contribution in [2.45, 2.75) is 26.3 Å². The van der Waals surface area contributed by atoms with Crippen molar-refractivity contribution in [3.63, 3.8) is 0 Å². The maximum Gasteiger partial charge on any atom is 0.148 e. The Morgan fingerprint density at radius 1 is 1.44 bits per heavy atom. The third-order valence-electron chi connectivity index (χ3n) is 1.79. The summed E-state index contributed by atoms with van der Waals surface area (Å²) in [4.78, 5) is 4.32. The number of nitrogens with two attached hydrogens (primary N) is 1. The number of benzene rings is 1. The van der Waals surface area contributed by atoms with Crippen LogP contribution >= 0.6 is 15.9 Å². The molecular formula is C11H15BrFN3. The SMILES string of the molecule is CC(C)(C)N=C(NN)c1cccc(Br)c1F. The molecule has 0 unspecified atom stereocenters. The van der Waals surface area contributed by atoms with Gasteiger partial charge in [-0.25, -0.2) is 10.2 Å². The number of rotatable bonds is 1. The summed E-state index contributed by atoms with van der Waals surface area (Å²) < 4.78 is 14.2. The van der Waals surface area contributed by atoms with Crippen molar-refractivity contribution >= 4 is 21.8 Å². The Bertz CT molecular complexity index is 410. The highest BCUT2D eigenvalue weighted by Gasteiger charge is 2.15. The number of nitrogens with zero attached hydrogens (tertiary/aromatic N) is 1. The van der Waals surface area contributed by atoms with E-state index in [1.165, 1.54) is 0 Å². The lowest BCUT2D eigenvalue weighted by atomic mass is 10.1. The average molecular weight is 288 g/mol. The van der Waals surface area contributed by atoms with Gasteiger partial charge in [0, 0.05) is 0 Å². The molecule has 0 bridgehead atoms. The summed E-state index contributed by atoms with van der Waals surface area (Å²) >= 11 is 3.12. The van der Waals surface area contributed by atoms with E-state index in [1.54, 1.807) is 18.2 Å². The smallest absolute Gasteiger partial charge is 0.148 e. The highest BCUT2D eigenvalue weighted by molar-refractivity contribution is 9.10. The molecule has 0 aliphatic heterocycles. The van der Waals surface area contributed by atoms with E-state index in [1.807, 2.05) is 20.8 Å². The monoisotopic (exact) mass is 287 g/mol. The standard InChI is InChI=1S/C11H15BrFN3/c1-11(2,3)15-10(16-14)7-5-4-6-8(12)9(7)13/h4-6H,14H2,1-3H3,(H,15,16). The number of hydrogen-bond acceptors (Lipinski definition) is 2. The van der Waals surface area contributed by atoms with E-state index in [-0.39, 0.29) is 11.4 Å². The molecule has 0 aliphatic rings. The van der Waals surface area contributed by atoms with Crippen LogP contribution in [0.25, 0.3) is 0 Å². The topological polar surface area (TPSA) is 50.4 Å². The van der Waals surface area contributed by atoms with E-state index in [0.717, 1.165) is 0 Å². The van der Waals surface area contributed by atoms with Crippen LogP contribution in [-0.2, 0) is 0 Å². The highest BCUT2D eigenvalue weighted by atomic mass is 79.9. The number of amidine groups is 1. The summed E-state index contributed by atoms with van der Waals surface area (Å²) in [5.74, 6) is 5.34. The van der Waals surface area contributed by atoms with Crippen LogP contribution in [0, 0.1) is 5.82 Å². The van der Waals surface area contributed by atoms with E-state index in [0.29, 0.717) is 15.9 Å². The zero-order valence-corrected chi connectivity index (χ0v) is 11.1. The number of nitrogens with one attached hydrogen (secondary N) is 1. The Morgan fingerprint density at radius 2 is 2.06 bits per heavy atom. The summed E-state index contributed by atoms with van der Waals surface area (Å²) in [6.07, 6.45) is 0. The first-order valence-corrected chi connectivity index (χ1v) is 5.65. The second-order valence-electron chi connectivity index (χ2n) is 4.38. The van der Waals surface area contributed by atoms with Crippen molar-refractivity contribution in [2.75, 3.05) is 0 Å².